The second-order valence-electron chi connectivity index (χ2n) is 7.96. The van der Waals surface area contributed by atoms with E-state index in [1.165, 1.54) is 11.1 Å². The maximum Gasteiger partial charge on any atom is 0.490 e. The summed E-state index contributed by atoms with van der Waals surface area (Å²) in [5.74, 6) is -2.12. The molecular weight excluding hydrogens is 447 g/mol. The number of alkyl halides is 3. The number of likely N-dealkylation sites (tertiary alicyclic amines) is 1. The molecule has 1 fully saturated rings. The molecule has 3 aromatic rings. The maximum atomic E-state index is 12.8. The van der Waals surface area contributed by atoms with Crippen molar-refractivity contribution in [3.05, 3.63) is 89.7 Å². The number of carboxylic acids is 1. The number of nitrogens with two attached hydrogens (primary N) is 1. The molecule has 1 amide bonds. The number of aromatic nitrogens is 1. The monoisotopic (exact) mass is 473 g/mol. The first-order valence-electron chi connectivity index (χ1n) is 10.8. The second-order valence-corrected chi connectivity index (χ2v) is 7.96. The summed E-state index contributed by atoms with van der Waals surface area (Å²) in [6.45, 7) is 2.18. The van der Waals surface area contributed by atoms with E-state index in [0.29, 0.717) is 12.5 Å². The first-order chi connectivity index (χ1) is 16.2. The molecule has 2 heterocycles. The number of rotatable bonds is 4. The third-order valence-corrected chi connectivity index (χ3v) is 5.70. The predicted octanol–water partition coefficient (Wildman–Crippen LogP) is 4.59. The highest BCUT2D eigenvalue weighted by Gasteiger charge is 2.38. The smallest absolute Gasteiger partial charge is 0.475 e. The van der Waals surface area contributed by atoms with E-state index in [4.69, 9.17) is 15.6 Å². The van der Waals surface area contributed by atoms with Gasteiger partial charge in [0.1, 0.15) is 0 Å². The van der Waals surface area contributed by atoms with Crippen LogP contribution in [-0.2, 0) is 11.3 Å². The summed E-state index contributed by atoms with van der Waals surface area (Å²) in [6, 6.07) is 20.4. The number of hydrogen-bond donors (Lipinski definition) is 2. The first kappa shape index (κ1) is 25.0. The van der Waals surface area contributed by atoms with Crippen LogP contribution in [0.3, 0.4) is 0 Å². The molecule has 3 N–H and O–H groups in total. The van der Waals surface area contributed by atoms with Gasteiger partial charge in [0.05, 0.1) is 0 Å². The van der Waals surface area contributed by atoms with Gasteiger partial charge in [0, 0.05) is 43.3 Å². The van der Waals surface area contributed by atoms with E-state index < -0.39 is 12.1 Å². The molecule has 6 nitrogen and oxygen atoms in total. The lowest BCUT2D eigenvalue weighted by Crippen LogP contribution is -2.37. The number of aliphatic carboxylic acids is 1. The van der Waals surface area contributed by atoms with Gasteiger partial charge in [0.2, 0.25) is 0 Å². The molecule has 34 heavy (non-hydrogen) atoms. The largest absolute Gasteiger partial charge is 0.490 e. The fourth-order valence-corrected chi connectivity index (χ4v) is 3.86. The van der Waals surface area contributed by atoms with Gasteiger partial charge in [-0.15, -0.1) is 0 Å². The van der Waals surface area contributed by atoms with Gasteiger partial charge in [-0.05, 0) is 66.3 Å². The standard InChI is InChI=1S/C23H25N3O.C2HF3O2/c24-17-18-4-3-5-21(16-18)19-10-14-26(15-11-19)23(27)20-6-8-22(9-7-20)25-12-1-2-13-25;3-2(4,5)1(6)7/h1-9,12-13,16,19H,10-11,14-15,17,24H2;(H,6,7). The van der Waals surface area contributed by atoms with Crippen LogP contribution in [0.5, 0.6) is 0 Å². The Bertz CT molecular complexity index is 1090. The van der Waals surface area contributed by atoms with E-state index in [-0.39, 0.29) is 5.91 Å². The molecule has 0 saturated carbocycles. The normalized spacial score (nSPS) is 14.3. The summed E-state index contributed by atoms with van der Waals surface area (Å²) in [7, 11) is 0. The van der Waals surface area contributed by atoms with Crippen LogP contribution in [0.4, 0.5) is 13.2 Å². The highest BCUT2D eigenvalue weighted by Crippen LogP contribution is 2.29. The van der Waals surface area contributed by atoms with Crippen molar-refractivity contribution in [3.8, 4) is 5.69 Å². The van der Waals surface area contributed by atoms with Gasteiger partial charge in [0.15, 0.2) is 0 Å². The summed E-state index contributed by atoms with van der Waals surface area (Å²) in [5, 5.41) is 7.12. The summed E-state index contributed by atoms with van der Waals surface area (Å²) in [6.07, 6.45) is 0.922. The summed E-state index contributed by atoms with van der Waals surface area (Å²) in [5.41, 5.74) is 10.1. The van der Waals surface area contributed by atoms with Crippen LogP contribution < -0.4 is 5.73 Å². The molecule has 180 valence electrons. The number of benzene rings is 2. The average Bonchev–Trinajstić information content (AvgIpc) is 3.39. The van der Waals surface area contributed by atoms with Gasteiger partial charge in [-0.2, -0.15) is 13.2 Å². The Kier molecular flexibility index (Phi) is 8.12. The molecule has 1 aliphatic heterocycles. The molecule has 4 rings (SSSR count). The molecular formula is C25H26F3N3O3. The summed E-state index contributed by atoms with van der Waals surface area (Å²) < 4.78 is 33.8. The van der Waals surface area contributed by atoms with Crippen molar-refractivity contribution in [2.24, 2.45) is 5.73 Å². The van der Waals surface area contributed by atoms with Gasteiger partial charge < -0.3 is 20.3 Å². The van der Waals surface area contributed by atoms with Crippen LogP contribution in [0.15, 0.2) is 73.1 Å². The van der Waals surface area contributed by atoms with E-state index in [1.54, 1.807) is 0 Å². The fourth-order valence-electron chi connectivity index (χ4n) is 3.86. The van der Waals surface area contributed by atoms with Gasteiger partial charge >= 0.3 is 12.1 Å². The Morgan fingerprint density at radius 2 is 1.56 bits per heavy atom. The van der Waals surface area contributed by atoms with Crippen LogP contribution >= 0.6 is 0 Å². The molecule has 1 aliphatic rings. The Morgan fingerprint density at radius 3 is 2.09 bits per heavy atom. The van der Waals surface area contributed by atoms with Crippen molar-refractivity contribution in [1.29, 1.82) is 0 Å². The number of carbonyl (C=O) groups is 2. The van der Waals surface area contributed by atoms with Gasteiger partial charge in [-0.1, -0.05) is 24.3 Å². The van der Waals surface area contributed by atoms with Crippen LogP contribution in [0.2, 0.25) is 0 Å². The number of carbonyl (C=O) groups excluding carboxylic acids is 1. The fraction of sp³-hybridized carbons (Fsp3) is 0.280. The van der Waals surface area contributed by atoms with Crippen molar-refractivity contribution in [2.45, 2.75) is 31.5 Å². The van der Waals surface area contributed by atoms with Crippen molar-refractivity contribution in [1.82, 2.24) is 9.47 Å². The number of halogens is 3. The minimum Gasteiger partial charge on any atom is -0.475 e. The molecule has 0 atom stereocenters. The number of amides is 1. The number of carboxylic acid groups (broad SMARTS) is 1. The third-order valence-electron chi connectivity index (χ3n) is 5.70. The van der Waals surface area contributed by atoms with E-state index in [0.717, 1.165) is 37.2 Å². The Hall–Kier alpha value is -3.59. The lowest BCUT2D eigenvalue weighted by atomic mass is 9.88. The predicted molar refractivity (Wildman–Crippen MR) is 122 cm³/mol. The molecule has 0 unspecified atom stereocenters. The molecule has 0 aliphatic carbocycles. The van der Waals surface area contributed by atoms with Gasteiger partial charge in [-0.3, -0.25) is 4.79 Å². The third kappa shape index (κ3) is 6.48. The zero-order valence-corrected chi connectivity index (χ0v) is 18.4. The van der Waals surface area contributed by atoms with Crippen LogP contribution in [0.25, 0.3) is 5.69 Å². The second kappa shape index (κ2) is 11.0. The number of nitrogens with zero attached hydrogens (tertiary/aromatic N) is 2. The molecule has 2 aromatic carbocycles. The lowest BCUT2D eigenvalue weighted by Gasteiger charge is -2.32. The maximum absolute atomic E-state index is 12.8. The number of piperidine rings is 1. The Balaban J connectivity index is 0.000000406. The number of hydrogen-bond acceptors (Lipinski definition) is 3. The van der Waals surface area contributed by atoms with Gasteiger partial charge in [-0.25, -0.2) is 4.79 Å². The van der Waals surface area contributed by atoms with Crippen molar-refractivity contribution in [2.75, 3.05) is 13.1 Å². The highest BCUT2D eigenvalue weighted by atomic mass is 19.4. The van der Waals surface area contributed by atoms with E-state index in [2.05, 4.69) is 24.3 Å². The van der Waals surface area contributed by atoms with Crippen LogP contribution in [0.1, 0.15) is 40.2 Å². The topological polar surface area (TPSA) is 88.6 Å². The zero-order valence-electron chi connectivity index (χ0n) is 18.4. The molecule has 1 saturated heterocycles. The SMILES string of the molecule is NCc1cccc(C2CCN(C(=O)c3ccc(-n4cccc4)cc3)CC2)c1.O=C(O)C(F)(F)F. The minimum absolute atomic E-state index is 0.128. The molecule has 1 aromatic heterocycles. The van der Waals surface area contributed by atoms with Gasteiger partial charge in [0.25, 0.3) is 5.91 Å². The molecule has 0 bridgehead atoms. The van der Waals surface area contributed by atoms with Crippen LogP contribution in [-0.4, -0.2) is 45.7 Å². The lowest BCUT2D eigenvalue weighted by molar-refractivity contribution is -0.192. The quantitative estimate of drug-likeness (QED) is 0.580. The molecule has 9 heteroatoms. The van der Waals surface area contributed by atoms with Crippen molar-refractivity contribution < 1.29 is 27.9 Å². The highest BCUT2D eigenvalue weighted by molar-refractivity contribution is 5.94. The van der Waals surface area contributed by atoms with E-state index in [9.17, 15) is 18.0 Å². The zero-order chi connectivity index (χ0) is 24.7. The first-order valence-corrected chi connectivity index (χ1v) is 10.8. The minimum atomic E-state index is -5.08. The van der Waals surface area contributed by atoms with E-state index >= 15 is 0 Å². The van der Waals surface area contributed by atoms with Crippen LogP contribution in [0, 0.1) is 0 Å². The molecule has 0 radical (unpaired) electrons. The summed E-state index contributed by atoms with van der Waals surface area (Å²) >= 11 is 0. The average molecular weight is 473 g/mol. The Labute approximate surface area is 195 Å². The molecule has 0 spiro atoms. The van der Waals surface area contributed by atoms with Crippen molar-refractivity contribution >= 4 is 11.9 Å². The summed E-state index contributed by atoms with van der Waals surface area (Å²) in [4.78, 5) is 23.7. The van der Waals surface area contributed by atoms with E-state index in [1.807, 2.05) is 58.3 Å². The Morgan fingerprint density at radius 1 is 0.971 bits per heavy atom. The van der Waals surface area contributed by atoms with Crippen molar-refractivity contribution in [3.63, 3.8) is 0 Å².